The number of aromatic nitrogens is 1. The van der Waals surface area contributed by atoms with Crippen LogP contribution in [0.5, 0.6) is 0 Å². The van der Waals surface area contributed by atoms with Crippen molar-refractivity contribution >= 4 is 23.2 Å². The van der Waals surface area contributed by atoms with E-state index in [4.69, 9.17) is 9.98 Å². The first-order chi connectivity index (χ1) is 18.4. The van der Waals surface area contributed by atoms with Crippen LogP contribution in [0.15, 0.2) is 40.7 Å². The molecular formula is C34H43N3S. The highest BCUT2D eigenvalue weighted by atomic mass is 32.1. The lowest BCUT2D eigenvalue weighted by Crippen LogP contribution is -2.37. The number of aliphatic imine (C=N–C) groups is 1. The van der Waals surface area contributed by atoms with E-state index in [0.717, 1.165) is 53.9 Å². The second-order valence-electron chi connectivity index (χ2n) is 12.4. The maximum atomic E-state index is 5.08. The minimum atomic E-state index is 0.800. The first-order valence-electron chi connectivity index (χ1n) is 14.8. The number of rotatable bonds is 9. The summed E-state index contributed by atoms with van der Waals surface area (Å²) >= 11 is 1.79. The Kier molecular flexibility index (Phi) is 7.55. The smallest absolute Gasteiger partial charge is 0.123 e. The monoisotopic (exact) mass is 525 g/mol. The standard InChI is InChI=1S/C34H43N3S/c1-22-17-33(35-13-6-14-37(4)31-7-5-8-31)24(3)15-28(22)20-30-21-38-34(36-30)27-12-10-25-9-11-26(18-29(25)19-27)32-16-23(32)2/h10,12-13,15,17,19,21,23,26,31-32H,5-9,11,14,16,18,20H2,1-4H3/t23?,26?,32-/m0/s1. The van der Waals surface area contributed by atoms with Gasteiger partial charge in [0.15, 0.2) is 0 Å². The van der Waals surface area contributed by atoms with Gasteiger partial charge in [-0.1, -0.05) is 31.5 Å². The quantitative estimate of drug-likeness (QED) is 0.263. The van der Waals surface area contributed by atoms with Crippen molar-refractivity contribution in [3.63, 3.8) is 0 Å². The normalized spacial score (nSPS) is 23.1. The number of nitrogens with zero attached hydrogens (tertiary/aromatic N) is 3. The minimum absolute atomic E-state index is 0.800. The summed E-state index contributed by atoms with van der Waals surface area (Å²) in [6, 6.07) is 12.5. The molecule has 38 heavy (non-hydrogen) atoms. The van der Waals surface area contributed by atoms with Crippen molar-refractivity contribution in [2.75, 3.05) is 13.6 Å². The third kappa shape index (κ3) is 5.67. The fourth-order valence-electron chi connectivity index (χ4n) is 6.63. The Morgan fingerprint density at radius 3 is 2.68 bits per heavy atom. The van der Waals surface area contributed by atoms with E-state index in [1.54, 1.807) is 22.5 Å². The van der Waals surface area contributed by atoms with Gasteiger partial charge in [-0.25, -0.2) is 4.98 Å². The maximum Gasteiger partial charge on any atom is 0.123 e. The zero-order valence-electron chi connectivity index (χ0n) is 23.7. The van der Waals surface area contributed by atoms with Gasteiger partial charge in [0, 0.05) is 36.2 Å². The van der Waals surface area contributed by atoms with Crippen molar-refractivity contribution in [3.8, 4) is 10.6 Å². The van der Waals surface area contributed by atoms with E-state index in [9.17, 15) is 0 Å². The second-order valence-corrected chi connectivity index (χ2v) is 13.3. The Morgan fingerprint density at radius 1 is 1.08 bits per heavy atom. The van der Waals surface area contributed by atoms with E-state index in [1.807, 2.05) is 0 Å². The Labute approximate surface area is 233 Å². The van der Waals surface area contributed by atoms with Gasteiger partial charge >= 0.3 is 0 Å². The molecule has 3 aliphatic rings. The maximum absolute atomic E-state index is 5.08. The highest BCUT2D eigenvalue weighted by Gasteiger charge is 2.40. The lowest BCUT2D eigenvalue weighted by Gasteiger charge is -2.34. The zero-order chi connectivity index (χ0) is 26.2. The lowest BCUT2D eigenvalue weighted by atomic mass is 9.80. The van der Waals surface area contributed by atoms with Gasteiger partial charge in [-0.2, -0.15) is 0 Å². The van der Waals surface area contributed by atoms with E-state index in [1.165, 1.54) is 72.9 Å². The summed E-state index contributed by atoms with van der Waals surface area (Å²) in [5, 5.41) is 3.41. The summed E-state index contributed by atoms with van der Waals surface area (Å²) in [5.74, 6) is 2.82. The van der Waals surface area contributed by atoms with Gasteiger partial charge < -0.3 is 4.90 Å². The van der Waals surface area contributed by atoms with Crippen molar-refractivity contribution in [2.24, 2.45) is 22.7 Å². The van der Waals surface area contributed by atoms with Gasteiger partial charge in [-0.15, -0.1) is 11.3 Å². The van der Waals surface area contributed by atoms with Gasteiger partial charge in [0.25, 0.3) is 0 Å². The molecule has 1 aromatic heterocycles. The van der Waals surface area contributed by atoms with Crippen LogP contribution in [0.2, 0.25) is 0 Å². The summed E-state index contributed by atoms with van der Waals surface area (Å²) in [7, 11) is 2.25. The molecule has 2 fully saturated rings. The van der Waals surface area contributed by atoms with Crippen LogP contribution in [0.25, 0.3) is 10.6 Å². The Morgan fingerprint density at radius 2 is 1.92 bits per heavy atom. The van der Waals surface area contributed by atoms with E-state index in [-0.39, 0.29) is 0 Å². The first-order valence-corrected chi connectivity index (χ1v) is 15.7. The number of hydrogen-bond donors (Lipinski definition) is 0. The molecular weight excluding hydrogens is 482 g/mol. The molecule has 0 saturated heterocycles. The third-order valence-corrected chi connectivity index (χ3v) is 10.6. The average Bonchev–Trinajstić information content (AvgIpc) is 3.42. The highest BCUT2D eigenvalue weighted by molar-refractivity contribution is 7.13. The van der Waals surface area contributed by atoms with Gasteiger partial charge in [-0.05, 0) is 124 Å². The predicted octanol–water partition coefficient (Wildman–Crippen LogP) is 8.36. The molecule has 0 radical (unpaired) electrons. The van der Waals surface area contributed by atoms with Crippen molar-refractivity contribution in [3.05, 3.63) is 69.2 Å². The van der Waals surface area contributed by atoms with Crippen LogP contribution in [-0.2, 0) is 19.3 Å². The molecule has 2 unspecified atom stereocenters. The van der Waals surface area contributed by atoms with Gasteiger partial charge in [0.1, 0.15) is 5.01 Å². The van der Waals surface area contributed by atoms with Gasteiger partial charge in [-0.3, -0.25) is 4.99 Å². The molecule has 0 aliphatic heterocycles. The second kappa shape index (κ2) is 11.1. The van der Waals surface area contributed by atoms with Crippen LogP contribution in [0.4, 0.5) is 5.69 Å². The summed E-state index contributed by atoms with van der Waals surface area (Å²) in [5.41, 5.74) is 10.6. The molecule has 200 valence electrons. The van der Waals surface area contributed by atoms with Crippen LogP contribution >= 0.6 is 11.3 Å². The number of aryl methyl sites for hydroxylation is 3. The van der Waals surface area contributed by atoms with Crippen LogP contribution in [0.1, 0.15) is 79.0 Å². The number of thiazole rings is 1. The Hall–Kier alpha value is -2.30. The largest absolute Gasteiger partial charge is 0.303 e. The Balaban J connectivity index is 1.10. The van der Waals surface area contributed by atoms with Crippen LogP contribution in [-0.4, -0.2) is 35.7 Å². The molecule has 4 heteroatoms. The van der Waals surface area contributed by atoms with Crippen molar-refractivity contribution in [1.82, 2.24) is 9.88 Å². The average molecular weight is 526 g/mol. The molecule has 0 bridgehead atoms. The highest BCUT2D eigenvalue weighted by Crippen LogP contribution is 2.48. The van der Waals surface area contributed by atoms with E-state index in [0.29, 0.717) is 0 Å². The molecule has 3 nitrogen and oxygen atoms in total. The third-order valence-electron chi connectivity index (χ3n) is 9.61. The molecule has 6 rings (SSSR count). The van der Waals surface area contributed by atoms with E-state index in [2.05, 4.69) is 74.6 Å². The van der Waals surface area contributed by atoms with Gasteiger partial charge in [0.05, 0.1) is 11.4 Å². The van der Waals surface area contributed by atoms with Crippen molar-refractivity contribution < 1.29 is 0 Å². The number of fused-ring (bicyclic) bond motifs is 1. The zero-order valence-corrected chi connectivity index (χ0v) is 24.5. The van der Waals surface area contributed by atoms with E-state index >= 15 is 0 Å². The van der Waals surface area contributed by atoms with Crippen LogP contribution in [0, 0.1) is 31.6 Å². The number of benzene rings is 2. The van der Waals surface area contributed by atoms with Crippen molar-refractivity contribution in [1.29, 1.82) is 0 Å². The predicted molar refractivity (Wildman–Crippen MR) is 162 cm³/mol. The fraction of sp³-hybridized carbons (Fsp3) is 0.529. The SMILES string of the molecule is Cc1cc(N=CCCN(C)C2CCC2)c(C)cc1Cc1csc(-c2ccc3c(c2)CC([C@H]2CC2C)CC3)n1. The Bertz CT molecular complexity index is 1320. The molecule has 2 saturated carbocycles. The molecule has 1 heterocycles. The molecule has 3 aliphatic carbocycles. The first kappa shape index (κ1) is 26.0. The summed E-state index contributed by atoms with van der Waals surface area (Å²) in [6.45, 7) is 7.92. The molecule has 0 amide bonds. The molecule has 0 spiro atoms. The minimum Gasteiger partial charge on any atom is -0.303 e. The van der Waals surface area contributed by atoms with Gasteiger partial charge in [0.2, 0.25) is 0 Å². The van der Waals surface area contributed by atoms with Crippen molar-refractivity contribution in [2.45, 2.75) is 84.6 Å². The van der Waals surface area contributed by atoms with E-state index < -0.39 is 0 Å². The molecule has 2 aromatic carbocycles. The van der Waals surface area contributed by atoms with Crippen LogP contribution in [0.3, 0.4) is 0 Å². The topological polar surface area (TPSA) is 28.5 Å². The summed E-state index contributed by atoms with van der Waals surface area (Å²) in [4.78, 5) is 12.4. The summed E-state index contributed by atoms with van der Waals surface area (Å²) < 4.78 is 0. The fourth-order valence-corrected chi connectivity index (χ4v) is 7.45. The summed E-state index contributed by atoms with van der Waals surface area (Å²) in [6.07, 6.45) is 13.5. The lowest BCUT2D eigenvalue weighted by molar-refractivity contribution is 0.164. The molecule has 3 aromatic rings. The molecule has 3 atom stereocenters. The van der Waals surface area contributed by atoms with Crippen LogP contribution < -0.4 is 0 Å². The number of hydrogen-bond acceptors (Lipinski definition) is 4. The molecule has 0 N–H and O–H groups in total.